The lowest BCUT2D eigenvalue weighted by atomic mass is 9.84. The molecule has 0 aromatic heterocycles. The summed E-state index contributed by atoms with van der Waals surface area (Å²) in [6.07, 6.45) is 5.29. The maximum Gasteiger partial charge on any atom is 0.319 e. The van der Waals surface area contributed by atoms with Crippen molar-refractivity contribution in [1.29, 1.82) is 0 Å². The van der Waals surface area contributed by atoms with Crippen molar-refractivity contribution in [3.05, 3.63) is 0 Å². The molecule has 0 radical (unpaired) electrons. The highest BCUT2D eigenvalue weighted by atomic mass is 16.2. The SMILES string of the molecule is CN(C)C(=O)N1CCC(CNC(=O)C2CCC2)CC1. The second-order valence-electron chi connectivity index (χ2n) is 5.98. The molecule has 19 heavy (non-hydrogen) atoms. The van der Waals surface area contributed by atoms with Crippen LogP contribution in [0.25, 0.3) is 0 Å². The summed E-state index contributed by atoms with van der Waals surface area (Å²) in [4.78, 5) is 27.1. The predicted octanol–water partition coefficient (Wildman–Crippen LogP) is 1.30. The van der Waals surface area contributed by atoms with Crippen molar-refractivity contribution in [3.63, 3.8) is 0 Å². The molecule has 0 aromatic rings. The van der Waals surface area contributed by atoms with Crippen LogP contribution in [-0.2, 0) is 4.79 Å². The Hall–Kier alpha value is -1.26. The molecule has 0 atom stereocenters. The van der Waals surface area contributed by atoms with E-state index in [9.17, 15) is 9.59 Å². The number of amides is 3. The lowest BCUT2D eigenvalue weighted by Gasteiger charge is -2.34. The summed E-state index contributed by atoms with van der Waals surface area (Å²) in [7, 11) is 3.57. The summed E-state index contributed by atoms with van der Waals surface area (Å²) >= 11 is 0. The number of likely N-dealkylation sites (tertiary alicyclic amines) is 1. The molecule has 1 saturated carbocycles. The summed E-state index contributed by atoms with van der Waals surface area (Å²) in [6, 6.07) is 0.0944. The van der Waals surface area contributed by atoms with Crippen LogP contribution in [0.4, 0.5) is 4.79 Å². The van der Waals surface area contributed by atoms with E-state index in [1.54, 1.807) is 19.0 Å². The van der Waals surface area contributed by atoms with Gasteiger partial charge in [-0.2, -0.15) is 0 Å². The molecule has 3 amide bonds. The Labute approximate surface area is 115 Å². The normalized spacial score (nSPS) is 20.8. The fourth-order valence-electron chi connectivity index (χ4n) is 2.67. The van der Waals surface area contributed by atoms with Gasteiger partial charge in [0, 0.05) is 39.6 Å². The number of hydrogen-bond donors (Lipinski definition) is 1. The number of urea groups is 1. The first-order valence-corrected chi connectivity index (χ1v) is 7.32. The van der Waals surface area contributed by atoms with Gasteiger partial charge in [-0.15, -0.1) is 0 Å². The molecule has 2 aliphatic rings. The topological polar surface area (TPSA) is 52.7 Å². The Morgan fingerprint density at radius 2 is 1.79 bits per heavy atom. The Balaban J connectivity index is 1.65. The van der Waals surface area contributed by atoms with Crippen LogP contribution >= 0.6 is 0 Å². The maximum absolute atomic E-state index is 11.8. The quantitative estimate of drug-likeness (QED) is 0.838. The van der Waals surface area contributed by atoms with Crippen LogP contribution in [0.5, 0.6) is 0 Å². The molecule has 5 nitrogen and oxygen atoms in total. The largest absolute Gasteiger partial charge is 0.356 e. The van der Waals surface area contributed by atoms with Gasteiger partial charge in [0.25, 0.3) is 0 Å². The monoisotopic (exact) mass is 267 g/mol. The summed E-state index contributed by atoms with van der Waals surface area (Å²) in [5, 5.41) is 3.07. The van der Waals surface area contributed by atoms with Gasteiger partial charge in [-0.1, -0.05) is 6.42 Å². The van der Waals surface area contributed by atoms with E-state index < -0.39 is 0 Å². The zero-order chi connectivity index (χ0) is 13.8. The van der Waals surface area contributed by atoms with E-state index in [0.29, 0.717) is 5.92 Å². The van der Waals surface area contributed by atoms with Crippen LogP contribution < -0.4 is 5.32 Å². The molecular formula is C14H25N3O2. The lowest BCUT2D eigenvalue weighted by molar-refractivity contribution is -0.127. The van der Waals surface area contributed by atoms with E-state index in [-0.39, 0.29) is 17.9 Å². The molecule has 108 valence electrons. The van der Waals surface area contributed by atoms with Crippen LogP contribution in [-0.4, -0.2) is 55.5 Å². The van der Waals surface area contributed by atoms with E-state index in [4.69, 9.17) is 0 Å². The van der Waals surface area contributed by atoms with Gasteiger partial charge in [0.1, 0.15) is 0 Å². The summed E-state index contributed by atoms with van der Waals surface area (Å²) < 4.78 is 0. The third kappa shape index (κ3) is 3.61. The Morgan fingerprint density at radius 1 is 1.16 bits per heavy atom. The highest BCUT2D eigenvalue weighted by molar-refractivity contribution is 5.79. The van der Waals surface area contributed by atoms with Gasteiger partial charge >= 0.3 is 6.03 Å². The van der Waals surface area contributed by atoms with E-state index in [2.05, 4.69) is 5.32 Å². The second-order valence-corrected chi connectivity index (χ2v) is 5.98. The minimum absolute atomic E-state index is 0.0944. The standard InChI is InChI=1S/C14H25N3O2/c1-16(2)14(19)17-8-6-11(7-9-17)10-15-13(18)12-4-3-5-12/h11-12H,3-10H2,1-2H3,(H,15,18). The minimum atomic E-state index is 0.0944. The Bertz CT molecular complexity index is 332. The van der Waals surface area contributed by atoms with Crippen molar-refractivity contribution >= 4 is 11.9 Å². The molecule has 1 heterocycles. The second kappa shape index (κ2) is 6.26. The molecule has 0 unspecified atom stereocenters. The molecule has 1 aliphatic heterocycles. The van der Waals surface area contributed by atoms with Crippen LogP contribution in [0.3, 0.4) is 0 Å². The van der Waals surface area contributed by atoms with Crippen LogP contribution in [0, 0.1) is 11.8 Å². The van der Waals surface area contributed by atoms with Gasteiger partial charge in [-0.3, -0.25) is 4.79 Å². The zero-order valence-electron chi connectivity index (χ0n) is 12.0. The smallest absolute Gasteiger partial charge is 0.319 e. The average Bonchev–Trinajstić information content (AvgIpc) is 2.34. The molecule has 2 rings (SSSR count). The van der Waals surface area contributed by atoms with Crippen LogP contribution in [0.1, 0.15) is 32.1 Å². The molecule has 0 aromatic carbocycles. The molecular weight excluding hydrogens is 242 g/mol. The summed E-state index contributed by atoms with van der Waals surface area (Å²) in [5.41, 5.74) is 0. The van der Waals surface area contributed by atoms with Crippen molar-refractivity contribution in [2.75, 3.05) is 33.7 Å². The van der Waals surface area contributed by atoms with Crippen molar-refractivity contribution < 1.29 is 9.59 Å². The third-order valence-electron chi connectivity index (χ3n) is 4.31. The van der Waals surface area contributed by atoms with Crippen LogP contribution in [0.2, 0.25) is 0 Å². The molecule has 1 N–H and O–H groups in total. The fraction of sp³-hybridized carbons (Fsp3) is 0.857. The number of carbonyl (C=O) groups excluding carboxylic acids is 2. The van der Waals surface area contributed by atoms with E-state index in [1.165, 1.54) is 6.42 Å². The van der Waals surface area contributed by atoms with Gasteiger partial charge in [0.2, 0.25) is 5.91 Å². The van der Waals surface area contributed by atoms with Gasteiger partial charge in [-0.05, 0) is 31.6 Å². The highest BCUT2D eigenvalue weighted by Gasteiger charge is 2.27. The molecule has 5 heteroatoms. The van der Waals surface area contributed by atoms with E-state index >= 15 is 0 Å². The van der Waals surface area contributed by atoms with Gasteiger partial charge < -0.3 is 15.1 Å². The Morgan fingerprint density at radius 3 is 2.26 bits per heavy atom. The third-order valence-corrected chi connectivity index (χ3v) is 4.31. The van der Waals surface area contributed by atoms with E-state index in [0.717, 1.165) is 45.3 Å². The van der Waals surface area contributed by atoms with Gasteiger partial charge in [0.15, 0.2) is 0 Å². The predicted molar refractivity (Wildman–Crippen MR) is 73.7 cm³/mol. The Kier molecular flexibility index (Phi) is 4.66. The molecule has 1 aliphatic carbocycles. The number of rotatable bonds is 3. The minimum Gasteiger partial charge on any atom is -0.356 e. The highest BCUT2D eigenvalue weighted by Crippen LogP contribution is 2.26. The van der Waals surface area contributed by atoms with E-state index in [1.807, 2.05) is 4.90 Å². The average molecular weight is 267 g/mol. The number of piperidine rings is 1. The van der Waals surface area contributed by atoms with Crippen molar-refractivity contribution in [2.24, 2.45) is 11.8 Å². The molecule has 1 saturated heterocycles. The summed E-state index contributed by atoms with van der Waals surface area (Å²) in [5.74, 6) is 1.03. The molecule has 0 bridgehead atoms. The maximum atomic E-state index is 11.8. The van der Waals surface area contributed by atoms with Crippen molar-refractivity contribution in [1.82, 2.24) is 15.1 Å². The first-order chi connectivity index (χ1) is 9.08. The summed E-state index contributed by atoms with van der Waals surface area (Å²) in [6.45, 7) is 2.39. The molecule has 0 spiro atoms. The lowest BCUT2D eigenvalue weighted by Crippen LogP contribution is -2.46. The number of carbonyl (C=O) groups is 2. The van der Waals surface area contributed by atoms with Gasteiger partial charge in [-0.25, -0.2) is 4.79 Å². The zero-order valence-corrected chi connectivity index (χ0v) is 12.0. The first kappa shape index (κ1) is 14.2. The fourth-order valence-corrected chi connectivity index (χ4v) is 2.67. The number of nitrogens with one attached hydrogen (secondary N) is 1. The van der Waals surface area contributed by atoms with Crippen molar-refractivity contribution in [3.8, 4) is 0 Å². The van der Waals surface area contributed by atoms with Gasteiger partial charge in [0.05, 0.1) is 0 Å². The molecule has 2 fully saturated rings. The number of nitrogens with zero attached hydrogens (tertiary/aromatic N) is 2. The van der Waals surface area contributed by atoms with Crippen LogP contribution in [0.15, 0.2) is 0 Å². The number of hydrogen-bond acceptors (Lipinski definition) is 2. The first-order valence-electron chi connectivity index (χ1n) is 7.32. The van der Waals surface area contributed by atoms with Crippen molar-refractivity contribution in [2.45, 2.75) is 32.1 Å².